The molecule has 1 saturated heterocycles. The van der Waals surface area contributed by atoms with Crippen LogP contribution in [0.1, 0.15) is 18.4 Å². The average Bonchev–Trinajstić information content (AvgIpc) is 2.30. The number of rotatable bonds is 3. The van der Waals surface area contributed by atoms with E-state index in [0.29, 0.717) is 12.3 Å². The van der Waals surface area contributed by atoms with E-state index in [1.807, 2.05) is 13.0 Å². The van der Waals surface area contributed by atoms with Gasteiger partial charge in [-0.3, -0.25) is 10.1 Å². The smallest absolute Gasteiger partial charge is 0.292 e. The van der Waals surface area contributed by atoms with Gasteiger partial charge >= 0.3 is 0 Å². The molecule has 5 heteroatoms. The molecule has 92 valence electrons. The highest BCUT2D eigenvalue weighted by Gasteiger charge is 2.19. The maximum absolute atomic E-state index is 10.9. The minimum Gasteiger partial charge on any atom is -0.379 e. The molecule has 0 amide bonds. The van der Waals surface area contributed by atoms with Crippen molar-refractivity contribution in [2.45, 2.75) is 25.8 Å². The number of aryl methyl sites for hydroxylation is 1. The maximum atomic E-state index is 10.9. The van der Waals surface area contributed by atoms with Gasteiger partial charge in [-0.15, -0.1) is 0 Å². The fourth-order valence-corrected chi connectivity index (χ4v) is 2.00. The van der Waals surface area contributed by atoms with Crippen molar-refractivity contribution in [2.75, 3.05) is 18.5 Å². The highest BCUT2D eigenvalue weighted by molar-refractivity contribution is 5.63. The number of nitro benzene ring substituents is 1. The Hall–Kier alpha value is -1.62. The molecule has 0 radical (unpaired) electrons. The van der Waals surface area contributed by atoms with Crippen LogP contribution in [-0.4, -0.2) is 24.2 Å². The standard InChI is InChI=1S/C12H16N2O3/c1-9-4-5-12(14(15)16)11(7-9)13-10-3-2-6-17-8-10/h4-5,7,10,13H,2-3,6,8H2,1H3. The summed E-state index contributed by atoms with van der Waals surface area (Å²) in [6.07, 6.45) is 1.99. The third-order valence-corrected chi connectivity index (χ3v) is 2.87. The van der Waals surface area contributed by atoms with Crippen LogP contribution in [0.3, 0.4) is 0 Å². The molecule has 1 aliphatic heterocycles. The van der Waals surface area contributed by atoms with Crippen LogP contribution in [0.25, 0.3) is 0 Å². The van der Waals surface area contributed by atoms with Crippen LogP contribution in [0, 0.1) is 17.0 Å². The molecule has 0 bridgehead atoms. The zero-order valence-electron chi connectivity index (χ0n) is 9.81. The summed E-state index contributed by atoms with van der Waals surface area (Å²) in [6.45, 7) is 3.32. The number of nitro groups is 1. The Morgan fingerprint density at radius 2 is 2.35 bits per heavy atom. The first-order valence-corrected chi connectivity index (χ1v) is 5.76. The number of anilines is 1. The van der Waals surface area contributed by atoms with Gasteiger partial charge in [-0.1, -0.05) is 6.07 Å². The van der Waals surface area contributed by atoms with Gasteiger partial charge in [-0.25, -0.2) is 0 Å². The lowest BCUT2D eigenvalue weighted by atomic mass is 10.1. The van der Waals surface area contributed by atoms with Crippen LogP contribution in [0.2, 0.25) is 0 Å². The predicted octanol–water partition coefficient (Wildman–Crippen LogP) is 2.49. The van der Waals surface area contributed by atoms with Gasteiger partial charge < -0.3 is 10.1 Å². The number of hydrogen-bond donors (Lipinski definition) is 1. The summed E-state index contributed by atoms with van der Waals surface area (Å²) in [4.78, 5) is 10.6. The lowest BCUT2D eigenvalue weighted by Gasteiger charge is -2.24. The lowest BCUT2D eigenvalue weighted by Crippen LogP contribution is -2.30. The second-order valence-electron chi connectivity index (χ2n) is 4.34. The third kappa shape index (κ3) is 2.94. The van der Waals surface area contributed by atoms with E-state index in [0.717, 1.165) is 25.0 Å². The van der Waals surface area contributed by atoms with E-state index in [4.69, 9.17) is 4.74 Å². The van der Waals surface area contributed by atoms with Crippen LogP contribution in [0.5, 0.6) is 0 Å². The Balaban J connectivity index is 2.17. The first-order chi connectivity index (χ1) is 8.16. The second-order valence-corrected chi connectivity index (χ2v) is 4.34. The van der Waals surface area contributed by atoms with Gasteiger partial charge in [0.2, 0.25) is 0 Å². The highest BCUT2D eigenvalue weighted by Crippen LogP contribution is 2.27. The Kier molecular flexibility index (Phi) is 3.58. The Morgan fingerprint density at radius 3 is 3.00 bits per heavy atom. The molecule has 0 aromatic heterocycles. The number of nitrogens with zero attached hydrogens (tertiary/aromatic N) is 1. The van der Waals surface area contributed by atoms with Gasteiger partial charge in [0.1, 0.15) is 5.69 Å². The SMILES string of the molecule is Cc1ccc([N+](=O)[O-])c(NC2CCCOC2)c1. The largest absolute Gasteiger partial charge is 0.379 e. The van der Waals surface area contributed by atoms with Crippen LogP contribution in [0.15, 0.2) is 18.2 Å². The van der Waals surface area contributed by atoms with Gasteiger partial charge in [0.25, 0.3) is 5.69 Å². The van der Waals surface area contributed by atoms with Gasteiger partial charge in [0.15, 0.2) is 0 Å². The van der Waals surface area contributed by atoms with Gasteiger partial charge in [0, 0.05) is 18.7 Å². The molecule has 1 aromatic rings. The van der Waals surface area contributed by atoms with E-state index >= 15 is 0 Å². The Labute approximate surface area is 99.9 Å². The van der Waals surface area contributed by atoms with Gasteiger partial charge in [0.05, 0.1) is 11.5 Å². The highest BCUT2D eigenvalue weighted by atomic mass is 16.6. The van der Waals surface area contributed by atoms with Crippen molar-refractivity contribution < 1.29 is 9.66 Å². The monoisotopic (exact) mass is 236 g/mol. The summed E-state index contributed by atoms with van der Waals surface area (Å²) < 4.78 is 5.35. The fourth-order valence-electron chi connectivity index (χ4n) is 2.00. The van der Waals surface area contributed by atoms with Crippen molar-refractivity contribution in [3.05, 3.63) is 33.9 Å². The molecular weight excluding hydrogens is 220 g/mol. The lowest BCUT2D eigenvalue weighted by molar-refractivity contribution is -0.384. The van der Waals surface area contributed by atoms with Crippen molar-refractivity contribution in [2.24, 2.45) is 0 Å². The van der Waals surface area contributed by atoms with Crippen molar-refractivity contribution >= 4 is 11.4 Å². The summed E-state index contributed by atoms with van der Waals surface area (Å²) in [5, 5.41) is 14.1. The molecule has 1 heterocycles. The summed E-state index contributed by atoms with van der Waals surface area (Å²) >= 11 is 0. The topological polar surface area (TPSA) is 64.4 Å². The van der Waals surface area contributed by atoms with Crippen molar-refractivity contribution in [3.8, 4) is 0 Å². The number of ether oxygens (including phenoxy) is 1. The molecule has 0 aliphatic carbocycles. The molecule has 1 atom stereocenters. The molecule has 1 aliphatic rings. The van der Waals surface area contributed by atoms with E-state index in [-0.39, 0.29) is 16.7 Å². The number of benzene rings is 1. The van der Waals surface area contributed by atoms with Crippen molar-refractivity contribution in [1.82, 2.24) is 0 Å². The van der Waals surface area contributed by atoms with Crippen LogP contribution < -0.4 is 5.32 Å². The molecule has 1 N–H and O–H groups in total. The van der Waals surface area contributed by atoms with Crippen LogP contribution >= 0.6 is 0 Å². The molecule has 5 nitrogen and oxygen atoms in total. The average molecular weight is 236 g/mol. The molecule has 1 fully saturated rings. The Bertz CT molecular complexity index is 414. The first-order valence-electron chi connectivity index (χ1n) is 5.76. The summed E-state index contributed by atoms with van der Waals surface area (Å²) in [5.74, 6) is 0. The second kappa shape index (κ2) is 5.14. The molecular formula is C12H16N2O3. The zero-order valence-corrected chi connectivity index (χ0v) is 9.81. The third-order valence-electron chi connectivity index (χ3n) is 2.87. The quantitative estimate of drug-likeness (QED) is 0.647. The minimum atomic E-state index is -0.356. The molecule has 0 saturated carbocycles. The molecule has 17 heavy (non-hydrogen) atoms. The fraction of sp³-hybridized carbons (Fsp3) is 0.500. The van der Waals surface area contributed by atoms with E-state index in [1.165, 1.54) is 0 Å². The summed E-state index contributed by atoms with van der Waals surface area (Å²) in [5.41, 5.74) is 1.72. The van der Waals surface area contributed by atoms with Gasteiger partial charge in [-0.05, 0) is 31.4 Å². The van der Waals surface area contributed by atoms with E-state index in [2.05, 4.69) is 5.32 Å². The van der Waals surface area contributed by atoms with E-state index < -0.39 is 0 Å². The van der Waals surface area contributed by atoms with Crippen molar-refractivity contribution in [3.63, 3.8) is 0 Å². The summed E-state index contributed by atoms with van der Waals surface area (Å²) in [6, 6.07) is 5.28. The van der Waals surface area contributed by atoms with Crippen LogP contribution in [-0.2, 0) is 4.74 Å². The Morgan fingerprint density at radius 1 is 1.53 bits per heavy atom. The number of nitrogens with one attached hydrogen (secondary N) is 1. The summed E-state index contributed by atoms with van der Waals surface area (Å²) in [7, 11) is 0. The van der Waals surface area contributed by atoms with Gasteiger partial charge in [-0.2, -0.15) is 0 Å². The van der Waals surface area contributed by atoms with E-state index in [9.17, 15) is 10.1 Å². The molecule has 1 unspecified atom stereocenters. The normalized spacial score (nSPS) is 19.9. The molecule has 0 spiro atoms. The maximum Gasteiger partial charge on any atom is 0.292 e. The van der Waals surface area contributed by atoms with Crippen molar-refractivity contribution in [1.29, 1.82) is 0 Å². The first kappa shape index (κ1) is 11.9. The molecule has 2 rings (SSSR count). The van der Waals surface area contributed by atoms with Crippen LogP contribution in [0.4, 0.5) is 11.4 Å². The predicted molar refractivity (Wildman–Crippen MR) is 65.3 cm³/mol. The molecule has 1 aromatic carbocycles. The minimum absolute atomic E-state index is 0.126. The number of hydrogen-bond acceptors (Lipinski definition) is 4. The van der Waals surface area contributed by atoms with E-state index in [1.54, 1.807) is 12.1 Å². The zero-order chi connectivity index (χ0) is 12.3.